The molecule has 0 aromatic carbocycles. The smallest absolute Gasteiger partial charge is 0.219 e. The van der Waals surface area contributed by atoms with E-state index < -0.39 is 5.91 Å². The molecule has 0 spiro atoms. The lowest BCUT2D eigenvalue weighted by molar-refractivity contribution is -0.169. The topological polar surface area (TPSA) is 52.5 Å². The molecule has 13 heavy (non-hydrogen) atoms. The van der Waals surface area contributed by atoms with Crippen LogP contribution in [0.1, 0.15) is 52.4 Å². The first-order valence-electron chi connectivity index (χ1n) is 5.26. The third kappa shape index (κ3) is 11.9. The van der Waals surface area contributed by atoms with E-state index in [-0.39, 0.29) is 0 Å². The van der Waals surface area contributed by atoms with E-state index in [1.165, 1.54) is 39.0 Å². The summed E-state index contributed by atoms with van der Waals surface area (Å²) in [6.07, 6.45) is 7.31. The molecule has 0 aliphatic carbocycles. The summed E-state index contributed by atoms with van der Waals surface area (Å²) in [5.41, 5.74) is 0. The van der Waals surface area contributed by atoms with Crippen molar-refractivity contribution in [1.29, 1.82) is 0 Å². The molecular weight excluding hydrogens is 166 g/mol. The van der Waals surface area contributed by atoms with Crippen LogP contribution in [0.5, 0.6) is 0 Å². The van der Waals surface area contributed by atoms with Crippen LogP contribution >= 0.6 is 0 Å². The molecule has 0 atom stereocenters. The fourth-order valence-electron chi connectivity index (χ4n) is 1.23. The van der Waals surface area contributed by atoms with E-state index in [2.05, 4.69) is 12.2 Å². The molecule has 3 heteroatoms. The van der Waals surface area contributed by atoms with Crippen molar-refractivity contribution in [3.05, 3.63) is 0 Å². The van der Waals surface area contributed by atoms with Gasteiger partial charge in [0, 0.05) is 13.5 Å². The van der Waals surface area contributed by atoms with Gasteiger partial charge in [0.15, 0.2) is 0 Å². The Labute approximate surface area is 81.2 Å². The molecule has 0 saturated heterocycles. The molecule has 0 unspecified atom stereocenters. The summed E-state index contributed by atoms with van der Waals surface area (Å²) < 4.78 is 0. The summed E-state index contributed by atoms with van der Waals surface area (Å²) in [6, 6.07) is 0. The summed E-state index contributed by atoms with van der Waals surface area (Å²) in [5, 5.41) is 20.4. The summed E-state index contributed by atoms with van der Waals surface area (Å²) in [5.74, 6) is -1.70. The minimum Gasteiger partial charge on any atom is -0.354 e. The molecule has 0 aromatic heterocycles. The molecular formula is C10H23NO2. The van der Waals surface area contributed by atoms with Gasteiger partial charge in [-0.2, -0.15) is 0 Å². The van der Waals surface area contributed by atoms with Crippen molar-refractivity contribution >= 4 is 0 Å². The second kappa shape index (κ2) is 7.30. The molecule has 0 radical (unpaired) electrons. The lowest BCUT2D eigenvalue weighted by Crippen LogP contribution is -2.42. The molecule has 0 aliphatic rings. The van der Waals surface area contributed by atoms with E-state index in [0.29, 0.717) is 6.54 Å². The normalized spacial score (nSPS) is 12.0. The number of rotatable bonds is 8. The predicted octanol–water partition coefficient (Wildman–Crippen LogP) is 1.59. The maximum absolute atomic E-state index is 8.90. The second-order valence-corrected chi connectivity index (χ2v) is 3.72. The highest BCUT2D eigenvalue weighted by Crippen LogP contribution is 2.04. The fourth-order valence-corrected chi connectivity index (χ4v) is 1.23. The van der Waals surface area contributed by atoms with Crippen molar-refractivity contribution in [3.8, 4) is 0 Å². The Morgan fingerprint density at radius 2 is 1.54 bits per heavy atom. The van der Waals surface area contributed by atoms with Gasteiger partial charge in [-0.3, -0.25) is 5.32 Å². The van der Waals surface area contributed by atoms with Crippen molar-refractivity contribution in [2.75, 3.05) is 6.54 Å². The largest absolute Gasteiger partial charge is 0.354 e. The van der Waals surface area contributed by atoms with Gasteiger partial charge in [0.1, 0.15) is 0 Å². The maximum atomic E-state index is 8.90. The van der Waals surface area contributed by atoms with Crippen molar-refractivity contribution < 1.29 is 10.2 Å². The van der Waals surface area contributed by atoms with Crippen LogP contribution in [0.25, 0.3) is 0 Å². The number of aliphatic hydroxyl groups is 2. The molecule has 0 heterocycles. The van der Waals surface area contributed by atoms with E-state index in [4.69, 9.17) is 10.2 Å². The van der Waals surface area contributed by atoms with E-state index >= 15 is 0 Å². The Bertz CT molecular complexity index is 110. The number of nitrogens with one attached hydrogen (secondary N) is 1. The molecule has 0 fully saturated rings. The molecule has 0 aliphatic heterocycles. The monoisotopic (exact) mass is 189 g/mol. The Morgan fingerprint density at radius 3 is 2.08 bits per heavy atom. The molecule has 0 saturated carbocycles. The zero-order valence-electron chi connectivity index (χ0n) is 8.84. The van der Waals surface area contributed by atoms with Gasteiger partial charge in [0.25, 0.3) is 0 Å². The van der Waals surface area contributed by atoms with Crippen molar-refractivity contribution in [2.45, 2.75) is 58.3 Å². The molecule has 0 rings (SSSR count). The van der Waals surface area contributed by atoms with Crippen molar-refractivity contribution in [2.24, 2.45) is 0 Å². The lowest BCUT2D eigenvalue weighted by Gasteiger charge is -2.17. The Hall–Kier alpha value is -0.120. The summed E-state index contributed by atoms with van der Waals surface area (Å²) in [7, 11) is 0. The van der Waals surface area contributed by atoms with Crippen LogP contribution in [0.15, 0.2) is 0 Å². The van der Waals surface area contributed by atoms with Gasteiger partial charge >= 0.3 is 0 Å². The summed E-state index contributed by atoms with van der Waals surface area (Å²) in [6.45, 7) is 4.21. The van der Waals surface area contributed by atoms with Gasteiger partial charge in [0.05, 0.1) is 0 Å². The van der Waals surface area contributed by atoms with Crippen molar-refractivity contribution in [1.82, 2.24) is 5.32 Å². The highest BCUT2D eigenvalue weighted by molar-refractivity contribution is 4.54. The van der Waals surface area contributed by atoms with Gasteiger partial charge in [-0.1, -0.05) is 39.0 Å². The highest BCUT2D eigenvalue weighted by atomic mass is 16.5. The van der Waals surface area contributed by atoms with Crippen LogP contribution in [0.4, 0.5) is 0 Å². The third-order valence-corrected chi connectivity index (χ3v) is 1.99. The number of hydrogen-bond donors (Lipinski definition) is 3. The first-order chi connectivity index (χ1) is 6.06. The molecule has 0 aromatic rings. The average Bonchev–Trinajstić information content (AvgIpc) is 2.01. The molecule has 3 N–H and O–H groups in total. The summed E-state index contributed by atoms with van der Waals surface area (Å²) >= 11 is 0. The standard InChI is InChI=1S/C10H23NO2/c1-3-4-5-6-7-8-9-11-10(2,12)13/h11-13H,3-9H2,1-2H3. The van der Waals surface area contributed by atoms with Crippen molar-refractivity contribution in [3.63, 3.8) is 0 Å². The van der Waals surface area contributed by atoms with Gasteiger partial charge in [-0.25, -0.2) is 0 Å². The lowest BCUT2D eigenvalue weighted by atomic mass is 10.1. The summed E-state index contributed by atoms with van der Waals surface area (Å²) in [4.78, 5) is 0. The zero-order chi connectivity index (χ0) is 10.2. The minimum absolute atomic E-state index is 0.676. The van der Waals surface area contributed by atoms with Gasteiger partial charge in [-0.15, -0.1) is 0 Å². The van der Waals surface area contributed by atoms with Gasteiger partial charge in [0.2, 0.25) is 5.91 Å². The molecule has 3 nitrogen and oxygen atoms in total. The minimum atomic E-state index is -1.70. The van der Waals surface area contributed by atoms with E-state index in [0.717, 1.165) is 6.42 Å². The van der Waals surface area contributed by atoms with Crippen LogP contribution in [0.2, 0.25) is 0 Å². The predicted molar refractivity (Wildman–Crippen MR) is 54.2 cm³/mol. The molecule has 0 bridgehead atoms. The molecule has 80 valence electrons. The Kier molecular flexibility index (Phi) is 7.23. The number of hydrogen-bond acceptors (Lipinski definition) is 3. The second-order valence-electron chi connectivity index (χ2n) is 3.72. The third-order valence-electron chi connectivity index (χ3n) is 1.99. The van der Waals surface area contributed by atoms with Crippen LogP contribution < -0.4 is 5.32 Å². The van der Waals surface area contributed by atoms with Crippen LogP contribution in [0.3, 0.4) is 0 Å². The van der Waals surface area contributed by atoms with Gasteiger partial charge < -0.3 is 10.2 Å². The highest BCUT2D eigenvalue weighted by Gasteiger charge is 2.11. The zero-order valence-corrected chi connectivity index (χ0v) is 8.84. The van der Waals surface area contributed by atoms with Gasteiger partial charge in [-0.05, 0) is 6.42 Å². The SMILES string of the molecule is CCCCCCCCNC(C)(O)O. The van der Waals surface area contributed by atoms with E-state index in [9.17, 15) is 0 Å². The first kappa shape index (κ1) is 12.9. The van der Waals surface area contributed by atoms with Crippen LogP contribution in [-0.2, 0) is 0 Å². The Balaban J connectivity index is 3.00. The quantitative estimate of drug-likeness (QED) is 0.401. The molecule has 0 amide bonds. The van der Waals surface area contributed by atoms with Crippen LogP contribution in [0, 0.1) is 0 Å². The van der Waals surface area contributed by atoms with E-state index in [1.54, 1.807) is 0 Å². The van der Waals surface area contributed by atoms with Crippen LogP contribution in [-0.4, -0.2) is 22.7 Å². The van der Waals surface area contributed by atoms with E-state index in [1.807, 2.05) is 0 Å². The average molecular weight is 189 g/mol. The Morgan fingerprint density at radius 1 is 1.00 bits per heavy atom. The number of unbranched alkanes of at least 4 members (excludes halogenated alkanes) is 5. The maximum Gasteiger partial charge on any atom is 0.219 e. The first-order valence-corrected chi connectivity index (χ1v) is 5.26. The fraction of sp³-hybridized carbons (Fsp3) is 1.00.